The number of nitrogen functional groups attached to an aromatic ring is 1. The highest BCUT2D eigenvalue weighted by molar-refractivity contribution is 6.02. The Labute approximate surface area is 127 Å². The molecule has 1 aromatic heterocycles. The smallest absolute Gasteiger partial charge is 0.248 e. The molecule has 1 aromatic carbocycles. The van der Waals surface area contributed by atoms with Gasteiger partial charge >= 0.3 is 0 Å². The summed E-state index contributed by atoms with van der Waals surface area (Å²) < 4.78 is 1.60. The molecule has 2 aromatic rings. The number of aromatic nitrogens is 2. The number of nitrogens with zero attached hydrogens (tertiary/aromatic N) is 4. The molecule has 114 valence electrons. The summed E-state index contributed by atoms with van der Waals surface area (Å²) in [5, 5.41) is 4.13. The quantitative estimate of drug-likeness (QED) is 0.815. The van der Waals surface area contributed by atoms with E-state index in [0.29, 0.717) is 5.82 Å². The van der Waals surface area contributed by atoms with E-state index in [4.69, 9.17) is 5.73 Å². The van der Waals surface area contributed by atoms with Crippen LogP contribution in [0.5, 0.6) is 0 Å². The molecule has 1 fully saturated rings. The van der Waals surface area contributed by atoms with Gasteiger partial charge in [0.2, 0.25) is 11.8 Å². The number of benzene rings is 1. The van der Waals surface area contributed by atoms with E-state index in [1.807, 2.05) is 24.3 Å². The van der Waals surface area contributed by atoms with Gasteiger partial charge in [0.15, 0.2) is 0 Å². The van der Waals surface area contributed by atoms with Crippen molar-refractivity contribution in [2.75, 3.05) is 30.8 Å². The predicted molar refractivity (Wildman–Crippen MR) is 83.0 cm³/mol. The second-order valence-electron chi connectivity index (χ2n) is 5.32. The predicted octanol–water partition coefficient (Wildman–Crippen LogP) is 0.474. The van der Waals surface area contributed by atoms with Crippen LogP contribution in [0.3, 0.4) is 0 Å². The molecule has 0 aliphatic carbocycles. The van der Waals surface area contributed by atoms with Crippen LogP contribution in [-0.4, -0.2) is 46.6 Å². The summed E-state index contributed by atoms with van der Waals surface area (Å²) in [5.41, 5.74) is 8.55. The molecule has 3 rings (SSSR count). The number of rotatable bonds is 2. The van der Waals surface area contributed by atoms with Crippen molar-refractivity contribution in [1.29, 1.82) is 0 Å². The molecule has 0 radical (unpaired) electrons. The van der Waals surface area contributed by atoms with Crippen molar-refractivity contribution in [3.63, 3.8) is 0 Å². The number of anilines is 2. The van der Waals surface area contributed by atoms with Crippen LogP contribution < -0.4 is 10.6 Å². The molecule has 0 spiro atoms. The number of amides is 2. The number of carbonyl (C=O) groups excluding carboxylic acids is 2. The van der Waals surface area contributed by atoms with Crippen molar-refractivity contribution in [2.45, 2.75) is 0 Å². The lowest BCUT2D eigenvalue weighted by Crippen LogP contribution is -2.52. The maximum atomic E-state index is 11.8. The molecular formula is C15H17N5O2. The van der Waals surface area contributed by atoms with Crippen LogP contribution in [0.25, 0.3) is 11.1 Å². The van der Waals surface area contributed by atoms with Gasteiger partial charge in [0.05, 0.1) is 19.3 Å². The molecule has 2 N–H and O–H groups in total. The van der Waals surface area contributed by atoms with Crippen molar-refractivity contribution in [2.24, 2.45) is 7.05 Å². The Morgan fingerprint density at radius 2 is 1.82 bits per heavy atom. The Hall–Kier alpha value is -2.83. The van der Waals surface area contributed by atoms with Crippen molar-refractivity contribution in [3.8, 4) is 11.1 Å². The molecule has 0 atom stereocenters. The van der Waals surface area contributed by atoms with Crippen molar-refractivity contribution in [1.82, 2.24) is 14.7 Å². The number of carbonyl (C=O) groups is 2. The van der Waals surface area contributed by atoms with E-state index in [0.717, 1.165) is 16.8 Å². The van der Waals surface area contributed by atoms with Gasteiger partial charge in [0.1, 0.15) is 5.82 Å². The summed E-state index contributed by atoms with van der Waals surface area (Å²) in [6, 6.07) is 7.60. The molecule has 1 saturated heterocycles. The van der Waals surface area contributed by atoms with Crippen molar-refractivity contribution < 1.29 is 9.59 Å². The topological polar surface area (TPSA) is 84.5 Å². The first kappa shape index (κ1) is 14.1. The van der Waals surface area contributed by atoms with Gasteiger partial charge in [-0.2, -0.15) is 5.10 Å². The lowest BCUT2D eigenvalue weighted by Gasteiger charge is -2.32. The minimum atomic E-state index is -0.206. The van der Waals surface area contributed by atoms with Crippen LogP contribution in [0, 0.1) is 0 Å². The minimum Gasteiger partial charge on any atom is -0.383 e. The summed E-state index contributed by atoms with van der Waals surface area (Å²) in [6.07, 6.45) is 1.70. The number of aryl methyl sites for hydroxylation is 1. The van der Waals surface area contributed by atoms with E-state index < -0.39 is 0 Å². The monoisotopic (exact) mass is 299 g/mol. The first-order chi connectivity index (χ1) is 10.5. The minimum absolute atomic E-state index is 0.189. The molecule has 1 aliphatic heterocycles. The van der Waals surface area contributed by atoms with Gasteiger partial charge in [-0.3, -0.25) is 19.2 Å². The summed E-state index contributed by atoms with van der Waals surface area (Å²) in [7, 11) is 3.29. The third-order valence-corrected chi connectivity index (χ3v) is 3.91. The summed E-state index contributed by atoms with van der Waals surface area (Å²) in [6.45, 7) is 0.377. The standard InChI is InChI=1S/C15H17N5O2/c1-18-13(21)8-20(9-14(18)22)11-5-3-4-10(6-11)12-7-17-19(2)15(12)16/h3-7H,8-9,16H2,1-2H3. The summed E-state index contributed by atoms with van der Waals surface area (Å²) in [4.78, 5) is 26.6. The normalized spacial score (nSPS) is 15.5. The van der Waals surface area contributed by atoms with Crippen LogP contribution in [0.4, 0.5) is 11.5 Å². The van der Waals surface area contributed by atoms with E-state index in [9.17, 15) is 9.59 Å². The lowest BCUT2D eigenvalue weighted by molar-refractivity contribution is -0.143. The Bertz CT molecular complexity index is 734. The van der Waals surface area contributed by atoms with Gasteiger partial charge in [-0.05, 0) is 17.7 Å². The number of likely N-dealkylation sites (N-methyl/N-ethyl adjacent to an activating group) is 1. The summed E-state index contributed by atoms with van der Waals surface area (Å²) in [5.74, 6) is 0.160. The van der Waals surface area contributed by atoms with Crippen LogP contribution in [-0.2, 0) is 16.6 Å². The highest BCUT2D eigenvalue weighted by Gasteiger charge is 2.28. The van der Waals surface area contributed by atoms with Gasteiger partial charge < -0.3 is 10.6 Å². The highest BCUT2D eigenvalue weighted by Crippen LogP contribution is 2.29. The lowest BCUT2D eigenvalue weighted by atomic mass is 10.1. The Morgan fingerprint density at radius 3 is 2.41 bits per heavy atom. The average molecular weight is 299 g/mol. The molecule has 1 aliphatic rings. The fourth-order valence-electron chi connectivity index (χ4n) is 2.46. The van der Waals surface area contributed by atoms with Gasteiger partial charge in [-0.15, -0.1) is 0 Å². The molecule has 7 heteroatoms. The molecule has 2 amide bonds. The second kappa shape index (κ2) is 5.18. The van der Waals surface area contributed by atoms with Crippen molar-refractivity contribution in [3.05, 3.63) is 30.5 Å². The molecular weight excluding hydrogens is 282 g/mol. The van der Waals surface area contributed by atoms with Gasteiger partial charge in [-0.25, -0.2) is 0 Å². The molecule has 2 heterocycles. The largest absolute Gasteiger partial charge is 0.383 e. The molecule has 0 saturated carbocycles. The number of piperazine rings is 1. The SMILES string of the molecule is CN1C(=O)CN(c2cccc(-c3cnn(C)c3N)c2)CC1=O. The molecule has 22 heavy (non-hydrogen) atoms. The van der Waals surface area contributed by atoms with Gasteiger partial charge in [0, 0.05) is 25.3 Å². The van der Waals surface area contributed by atoms with Crippen molar-refractivity contribution >= 4 is 23.3 Å². The number of hydrogen-bond donors (Lipinski definition) is 1. The Morgan fingerprint density at radius 1 is 1.14 bits per heavy atom. The zero-order valence-corrected chi connectivity index (χ0v) is 12.5. The first-order valence-corrected chi connectivity index (χ1v) is 6.89. The Balaban J connectivity index is 1.93. The molecule has 7 nitrogen and oxygen atoms in total. The third kappa shape index (κ3) is 2.30. The second-order valence-corrected chi connectivity index (χ2v) is 5.32. The van der Waals surface area contributed by atoms with E-state index in [-0.39, 0.29) is 24.9 Å². The summed E-state index contributed by atoms with van der Waals surface area (Å²) >= 11 is 0. The zero-order valence-electron chi connectivity index (χ0n) is 12.5. The number of hydrogen-bond acceptors (Lipinski definition) is 5. The van der Waals surface area contributed by atoms with Crippen LogP contribution in [0.1, 0.15) is 0 Å². The first-order valence-electron chi connectivity index (χ1n) is 6.89. The maximum Gasteiger partial charge on any atom is 0.248 e. The molecule has 0 unspecified atom stereocenters. The van der Waals surface area contributed by atoms with E-state index in [2.05, 4.69) is 5.10 Å². The average Bonchev–Trinajstić information content (AvgIpc) is 2.84. The van der Waals surface area contributed by atoms with Crippen LogP contribution in [0.15, 0.2) is 30.5 Å². The molecule has 0 bridgehead atoms. The van der Waals surface area contributed by atoms with Gasteiger partial charge in [-0.1, -0.05) is 12.1 Å². The maximum absolute atomic E-state index is 11.8. The van der Waals surface area contributed by atoms with E-state index >= 15 is 0 Å². The number of imide groups is 1. The van der Waals surface area contributed by atoms with Gasteiger partial charge in [0.25, 0.3) is 0 Å². The van der Waals surface area contributed by atoms with E-state index in [1.54, 1.807) is 22.8 Å². The zero-order chi connectivity index (χ0) is 15.9. The number of nitrogens with two attached hydrogens (primary N) is 1. The Kier molecular flexibility index (Phi) is 3.32. The highest BCUT2D eigenvalue weighted by atomic mass is 16.2. The van der Waals surface area contributed by atoms with Crippen LogP contribution in [0.2, 0.25) is 0 Å². The fraction of sp³-hybridized carbons (Fsp3) is 0.267. The van der Waals surface area contributed by atoms with Crippen LogP contribution >= 0.6 is 0 Å². The fourth-order valence-corrected chi connectivity index (χ4v) is 2.46. The van der Waals surface area contributed by atoms with E-state index in [1.165, 1.54) is 11.9 Å². The third-order valence-electron chi connectivity index (χ3n) is 3.91.